The van der Waals surface area contributed by atoms with Crippen LogP contribution >= 0.6 is 11.8 Å². The first kappa shape index (κ1) is 13.8. The third kappa shape index (κ3) is 3.45. The minimum absolute atomic E-state index is 0.0326. The summed E-state index contributed by atoms with van der Waals surface area (Å²) in [5.74, 6) is 0. The lowest BCUT2D eigenvalue weighted by Gasteiger charge is -2.13. The first-order chi connectivity index (χ1) is 9.00. The zero-order chi connectivity index (χ0) is 13.9. The molecule has 0 aliphatic carbocycles. The lowest BCUT2D eigenvalue weighted by molar-refractivity contribution is -0.139. The van der Waals surface area contributed by atoms with Crippen LogP contribution < -0.4 is 0 Å². The highest BCUT2D eigenvalue weighted by atomic mass is 32.2. The third-order valence-corrected chi connectivity index (χ3v) is 3.28. The molecule has 1 N–H and O–H groups in total. The van der Waals surface area contributed by atoms with E-state index in [-0.39, 0.29) is 10.5 Å². The van der Waals surface area contributed by atoms with E-state index in [2.05, 4.69) is 9.97 Å². The molecule has 0 atom stereocenters. The van der Waals surface area contributed by atoms with Crippen molar-refractivity contribution >= 4 is 11.8 Å². The second-order valence-corrected chi connectivity index (χ2v) is 4.69. The first-order valence-electron chi connectivity index (χ1n) is 5.25. The van der Waals surface area contributed by atoms with Gasteiger partial charge in [-0.2, -0.15) is 13.2 Å². The summed E-state index contributed by atoms with van der Waals surface area (Å²) in [6, 6.07) is 3.72. The molecule has 0 spiro atoms. The molecule has 0 unspecified atom stereocenters. The van der Waals surface area contributed by atoms with Gasteiger partial charge >= 0.3 is 6.18 Å². The van der Waals surface area contributed by atoms with Crippen molar-refractivity contribution in [2.45, 2.75) is 22.7 Å². The number of aromatic nitrogens is 2. The van der Waals surface area contributed by atoms with Crippen molar-refractivity contribution in [3.8, 4) is 0 Å². The highest BCUT2D eigenvalue weighted by molar-refractivity contribution is 7.99. The lowest BCUT2D eigenvalue weighted by Crippen LogP contribution is -2.07. The fourth-order valence-electron chi connectivity index (χ4n) is 1.44. The predicted molar refractivity (Wildman–Crippen MR) is 63.5 cm³/mol. The van der Waals surface area contributed by atoms with Crippen LogP contribution in [0.3, 0.4) is 0 Å². The van der Waals surface area contributed by atoms with Crippen LogP contribution in [0.15, 0.2) is 46.7 Å². The molecule has 0 saturated carbocycles. The molecule has 1 heterocycles. The maximum atomic E-state index is 12.9. The number of benzene rings is 1. The van der Waals surface area contributed by atoms with E-state index in [0.29, 0.717) is 5.03 Å². The molecule has 2 rings (SSSR count). The van der Waals surface area contributed by atoms with Gasteiger partial charge in [0.1, 0.15) is 5.03 Å². The normalized spacial score (nSPS) is 11.6. The van der Waals surface area contributed by atoms with Crippen LogP contribution in [0.5, 0.6) is 0 Å². The molecule has 0 radical (unpaired) electrons. The Morgan fingerprint density at radius 2 is 2.00 bits per heavy atom. The Hall–Kier alpha value is -1.60. The number of halogens is 3. The molecule has 19 heavy (non-hydrogen) atoms. The minimum Gasteiger partial charge on any atom is -0.392 e. The Morgan fingerprint density at radius 3 is 2.58 bits per heavy atom. The molecular weight excluding hydrogens is 277 g/mol. The van der Waals surface area contributed by atoms with E-state index in [1.165, 1.54) is 30.7 Å². The molecule has 0 saturated heterocycles. The van der Waals surface area contributed by atoms with Gasteiger partial charge in [-0.25, -0.2) is 4.98 Å². The zero-order valence-electron chi connectivity index (χ0n) is 9.55. The molecule has 0 aliphatic heterocycles. The Labute approximate surface area is 111 Å². The number of aliphatic hydroxyl groups excluding tert-OH is 1. The van der Waals surface area contributed by atoms with Gasteiger partial charge in [0.05, 0.1) is 18.4 Å². The Morgan fingerprint density at radius 1 is 1.21 bits per heavy atom. The lowest BCUT2D eigenvalue weighted by atomic mass is 10.1. The quantitative estimate of drug-likeness (QED) is 0.941. The Bertz CT molecular complexity index is 561. The van der Waals surface area contributed by atoms with Crippen molar-refractivity contribution in [2.24, 2.45) is 0 Å². The number of aliphatic hydroxyl groups is 1. The van der Waals surface area contributed by atoms with Gasteiger partial charge in [-0.1, -0.05) is 17.8 Å². The average Bonchev–Trinajstić information content (AvgIpc) is 2.39. The predicted octanol–water partition coefficient (Wildman–Crippen LogP) is 3.14. The van der Waals surface area contributed by atoms with Crippen molar-refractivity contribution in [2.75, 3.05) is 0 Å². The minimum atomic E-state index is -4.48. The van der Waals surface area contributed by atoms with Gasteiger partial charge in [-0.05, 0) is 17.7 Å². The maximum absolute atomic E-state index is 12.9. The molecule has 7 heteroatoms. The van der Waals surface area contributed by atoms with Crippen molar-refractivity contribution in [3.63, 3.8) is 0 Å². The maximum Gasteiger partial charge on any atom is 0.417 e. The zero-order valence-corrected chi connectivity index (χ0v) is 10.4. The first-order valence-corrected chi connectivity index (χ1v) is 6.07. The number of alkyl halides is 3. The molecular formula is C12H9F3N2OS. The second-order valence-electron chi connectivity index (χ2n) is 3.63. The van der Waals surface area contributed by atoms with Gasteiger partial charge < -0.3 is 5.11 Å². The molecule has 3 nitrogen and oxygen atoms in total. The number of nitrogens with zero attached hydrogens (tertiary/aromatic N) is 2. The summed E-state index contributed by atoms with van der Waals surface area (Å²) in [6.07, 6.45) is -0.220. The van der Waals surface area contributed by atoms with Crippen molar-refractivity contribution in [1.82, 2.24) is 9.97 Å². The highest BCUT2D eigenvalue weighted by Gasteiger charge is 2.34. The highest BCUT2D eigenvalue weighted by Crippen LogP contribution is 2.39. The molecule has 2 aromatic rings. The van der Waals surface area contributed by atoms with Crippen molar-refractivity contribution in [3.05, 3.63) is 47.9 Å². The van der Waals surface area contributed by atoms with E-state index in [0.717, 1.165) is 17.8 Å². The van der Waals surface area contributed by atoms with Crippen molar-refractivity contribution < 1.29 is 18.3 Å². The van der Waals surface area contributed by atoms with E-state index in [4.69, 9.17) is 5.11 Å². The standard InChI is InChI=1S/C12H9F3N2OS/c13-12(14,15)9-5-8(7-18)1-2-10(9)19-11-6-16-3-4-17-11/h1-6,18H,7H2. The summed E-state index contributed by atoms with van der Waals surface area (Å²) in [5, 5.41) is 9.29. The fourth-order valence-corrected chi connectivity index (χ4v) is 2.31. The molecule has 100 valence electrons. The van der Waals surface area contributed by atoms with Crippen LogP contribution in [-0.2, 0) is 12.8 Å². The number of rotatable bonds is 3. The topological polar surface area (TPSA) is 46.0 Å². The van der Waals surface area contributed by atoms with E-state index >= 15 is 0 Å². The summed E-state index contributed by atoms with van der Waals surface area (Å²) in [7, 11) is 0. The van der Waals surface area contributed by atoms with E-state index in [1.54, 1.807) is 0 Å². The summed E-state index contributed by atoms with van der Waals surface area (Å²) < 4.78 is 38.8. The molecule has 0 bridgehead atoms. The van der Waals surface area contributed by atoms with Gasteiger partial charge in [0, 0.05) is 17.3 Å². The van der Waals surface area contributed by atoms with E-state index in [9.17, 15) is 13.2 Å². The fraction of sp³-hybridized carbons (Fsp3) is 0.167. The average molecular weight is 286 g/mol. The Kier molecular flexibility index (Phi) is 4.06. The SMILES string of the molecule is OCc1ccc(Sc2cnccn2)c(C(F)(F)F)c1. The molecule has 0 aliphatic rings. The Balaban J connectivity index is 2.40. The van der Waals surface area contributed by atoms with Gasteiger partial charge in [-0.15, -0.1) is 0 Å². The van der Waals surface area contributed by atoms with Crippen LogP contribution in [0.4, 0.5) is 13.2 Å². The van der Waals surface area contributed by atoms with Crippen LogP contribution in [-0.4, -0.2) is 15.1 Å². The summed E-state index contributed by atoms with van der Waals surface area (Å²) in [4.78, 5) is 7.76. The molecule has 0 fully saturated rings. The van der Waals surface area contributed by atoms with Crippen LogP contribution in [0.1, 0.15) is 11.1 Å². The smallest absolute Gasteiger partial charge is 0.392 e. The van der Waals surface area contributed by atoms with E-state index in [1.807, 2.05) is 0 Å². The monoisotopic (exact) mass is 286 g/mol. The van der Waals surface area contributed by atoms with Gasteiger partial charge in [0.15, 0.2) is 0 Å². The van der Waals surface area contributed by atoms with Crippen molar-refractivity contribution in [1.29, 1.82) is 0 Å². The van der Waals surface area contributed by atoms with Gasteiger partial charge in [0.2, 0.25) is 0 Å². The van der Waals surface area contributed by atoms with Crippen LogP contribution in [0, 0.1) is 0 Å². The van der Waals surface area contributed by atoms with Crippen LogP contribution in [0.2, 0.25) is 0 Å². The largest absolute Gasteiger partial charge is 0.417 e. The molecule has 1 aromatic heterocycles. The summed E-state index contributed by atoms with van der Waals surface area (Å²) in [6.45, 7) is -0.431. The van der Waals surface area contributed by atoms with Gasteiger partial charge in [0.25, 0.3) is 0 Å². The van der Waals surface area contributed by atoms with E-state index < -0.39 is 18.3 Å². The molecule has 1 aromatic carbocycles. The third-order valence-electron chi connectivity index (χ3n) is 2.29. The number of hydrogen-bond donors (Lipinski definition) is 1. The number of hydrogen-bond acceptors (Lipinski definition) is 4. The van der Waals surface area contributed by atoms with Gasteiger partial charge in [-0.3, -0.25) is 4.98 Å². The summed E-state index contributed by atoms with van der Waals surface area (Å²) >= 11 is 0.885. The summed E-state index contributed by atoms with van der Waals surface area (Å²) in [5.41, 5.74) is -0.564. The second kappa shape index (κ2) is 5.58. The molecule has 0 amide bonds. The van der Waals surface area contributed by atoms with Crippen LogP contribution in [0.25, 0.3) is 0 Å².